The van der Waals surface area contributed by atoms with E-state index < -0.39 is 5.97 Å². The number of thiol groups is 2. The summed E-state index contributed by atoms with van der Waals surface area (Å²) in [4.78, 5) is 21.6. The van der Waals surface area contributed by atoms with Crippen LogP contribution in [0, 0.1) is 0 Å². The van der Waals surface area contributed by atoms with Crippen LogP contribution in [0.1, 0.15) is 0 Å². The van der Waals surface area contributed by atoms with E-state index in [4.69, 9.17) is 0 Å². The molecule has 1 rings (SSSR count). The highest BCUT2D eigenvalue weighted by Crippen LogP contribution is 2.08. The van der Waals surface area contributed by atoms with Gasteiger partial charge in [0, 0.05) is 6.08 Å². The minimum absolute atomic E-state index is 0.131. The minimum atomic E-state index is -0.647. The Bertz CT molecular complexity index is 335. The highest BCUT2D eigenvalue weighted by atomic mass is 32.1. The van der Waals surface area contributed by atoms with Crippen molar-refractivity contribution < 1.29 is 9.53 Å². The minimum Gasteiger partial charge on any atom is -0.387 e. The molecular formula is C6H5N3O2S2. The summed E-state index contributed by atoms with van der Waals surface area (Å²) in [6, 6.07) is -0.144. The Morgan fingerprint density at radius 3 is 2.31 bits per heavy atom. The molecule has 1 heterocycles. The zero-order chi connectivity index (χ0) is 9.84. The van der Waals surface area contributed by atoms with Crippen LogP contribution in [0.15, 0.2) is 23.0 Å². The molecule has 68 valence electrons. The Labute approximate surface area is 85.1 Å². The van der Waals surface area contributed by atoms with E-state index in [1.54, 1.807) is 0 Å². The van der Waals surface area contributed by atoms with Crippen molar-refractivity contribution in [2.24, 2.45) is 0 Å². The molecule has 13 heavy (non-hydrogen) atoms. The van der Waals surface area contributed by atoms with Gasteiger partial charge in [0.25, 0.3) is 0 Å². The molecule has 1 aromatic rings. The highest BCUT2D eigenvalue weighted by molar-refractivity contribution is 7.80. The second kappa shape index (κ2) is 4.24. The molecule has 0 spiro atoms. The highest BCUT2D eigenvalue weighted by Gasteiger charge is 2.05. The number of rotatable bonds is 2. The van der Waals surface area contributed by atoms with Gasteiger partial charge in [0.05, 0.1) is 0 Å². The molecule has 0 amide bonds. The van der Waals surface area contributed by atoms with Crippen LogP contribution in [0.25, 0.3) is 0 Å². The summed E-state index contributed by atoms with van der Waals surface area (Å²) in [5.74, 6) is -0.647. The summed E-state index contributed by atoms with van der Waals surface area (Å²) < 4.78 is 4.61. The number of carbonyl (C=O) groups is 1. The zero-order valence-corrected chi connectivity index (χ0v) is 8.13. The summed E-state index contributed by atoms with van der Waals surface area (Å²) in [5, 5.41) is 0.263. The van der Waals surface area contributed by atoms with Crippen LogP contribution in [-0.2, 0) is 4.79 Å². The third-order valence-electron chi connectivity index (χ3n) is 0.950. The van der Waals surface area contributed by atoms with Gasteiger partial charge in [-0.25, -0.2) is 4.79 Å². The fourth-order valence-corrected chi connectivity index (χ4v) is 0.952. The summed E-state index contributed by atoms with van der Waals surface area (Å²) in [6.45, 7) is 3.22. The maximum Gasteiger partial charge on any atom is 0.337 e. The topological polar surface area (TPSA) is 65.0 Å². The molecule has 0 saturated heterocycles. The largest absolute Gasteiger partial charge is 0.387 e. The molecule has 0 aliphatic carbocycles. The van der Waals surface area contributed by atoms with Gasteiger partial charge in [-0.3, -0.25) is 0 Å². The molecule has 0 saturated carbocycles. The average molecular weight is 215 g/mol. The first-order chi connectivity index (χ1) is 6.11. The first kappa shape index (κ1) is 10.0. The molecule has 0 atom stereocenters. The molecule has 7 heteroatoms. The zero-order valence-electron chi connectivity index (χ0n) is 6.34. The maximum absolute atomic E-state index is 10.7. The third kappa shape index (κ3) is 3.03. The van der Waals surface area contributed by atoms with Gasteiger partial charge in [0.2, 0.25) is 0 Å². The van der Waals surface area contributed by atoms with Gasteiger partial charge in [0.15, 0.2) is 10.3 Å². The van der Waals surface area contributed by atoms with Gasteiger partial charge in [0.1, 0.15) is 0 Å². The van der Waals surface area contributed by atoms with Crippen LogP contribution >= 0.6 is 25.3 Å². The lowest BCUT2D eigenvalue weighted by atomic mass is 10.7. The van der Waals surface area contributed by atoms with Gasteiger partial charge < -0.3 is 4.74 Å². The lowest BCUT2D eigenvalue weighted by molar-refractivity contribution is -0.129. The molecule has 1 aromatic heterocycles. The standard InChI is InChI=1S/C6H5N3O2S2/c1-2-3(10)11-4-7-5(12)9-6(13)8-4/h2H,1H2,(H2,7,8,9,12,13). The molecule has 0 radical (unpaired) electrons. The number of hydrogen-bond donors (Lipinski definition) is 2. The molecular weight excluding hydrogens is 210 g/mol. The van der Waals surface area contributed by atoms with E-state index in [1.165, 1.54) is 0 Å². The third-order valence-corrected chi connectivity index (χ3v) is 1.35. The Morgan fingerprint density at radius 2 is 1.85 bits per heavy atom. The van der Waals surface area contributed by atoms with Gasteiger partial charge in [-0.1, -0.05) is 6.58 Å². The van der Waals surface area contributed by atoms with Crippen LogP contribution in [0.2, 0.25) is 0 Å². The van der Waals surface area contributed by atoms with Gasteiger partial charge in [-0.2, -0.15) is 15.0 Å². The maximum atomic E-state index is 10.7. The van der Waals surface area contributed by atoms with Crippen molar-refractivity contribution >= 4 is 31.2 Å². The predicted molar refractivity (Wildman–Crippen MR) is 50.2 cm³/mol. The van der Waals surface area contributed by atoms with Crippen molar-refractivity contribution in [1.29, 1.82) is 0 Å². The molecule has 5 nitrogen and oxygen atoms in total. The van der Waals surface area contributed by atoms with Crippen molar-refractivity contribution in [2.75, 3.05) is 0 Å². The van der Waals surface area contributed by atoms with Crippen LogP contribution in [0.5, 0.6) is 6.01 Å². The summed E-state index contributed by atoms with van der Waals surface area (Å²) in [6.07, 6.45) is 1.00. The van der Waals surface area contributed by atoms with Crippen molar-refractivity contribution in [3.05, 3.63) is 12.7 Å². The number of nitrogens with zero attached hydrogens (tertiary/aromatic N) is 3. The first-order valence-electron chi connectivity index (χ1n) is 3.10. The molecule has 0 fully saturated rings. The van der Waals surface area contributed by atoms with Gasteiger partial charge in [-0.15, -0.1) is 25.3 Å². The average Bonchev–Trinajstić information content (AvgIpc) is 2.02. The SMILES string of the molecule is C=CC(=O)Oc1nc(S)nc(S)n1. The van der Waals surface area contributed by atoms with E-state index in [9.17, 15) is 4.79 Å². The van der Waals surface area contributed by atoms with Crippen LogP contribution in [0.4, 0.5) is 0 Å². The Balaban J connectivity index is 2.89. The second-order valence-corrected chi connectivity index (χ2v) is 2.64. The predicted octanol–water partition coefficient (Wildman–Crippen LogP) is 0.540. The molecule has 0 aliphatic heterocycles. The van der Waals surface area contributed by atoms with Crippen molar-refractivity contribution in [3.8, 4) is 6.01 Å². The lowest BCUT2D eigenvalue weighted by Gasteiger charge is -1.99. The Morgan fingerprint density at radius 1 is 1.31 bits per heavy atom. The van der Waals surface area contributed by atoms with Gasteiger partial charge in [-0.05, 0) is 0 Å². The summed E-state index contributed by atoms with van der Waals surface area (Å²) >= 11 is 7.69. The van der Waals surface area contributed by atoms with E-state index in [-0.39, 0.29) is 16.3 Å². The number of aromatic nitrogens is 3. The van der Waals surface area contributed by atoms with Crippen LogP contribution in [0.3, 0.4) is 0 Å². The van der Waals surface area contributed by atoms with Crippen molar-refractivity contribution in [1.82, 2.24) is 15.0 Å². The normalized spacial score (nSPS) is 9.38. The molecule has 0 N–H and O–H groups in total. The smallest absolute Gasteiger partial charge is 0.337 e. The monoisotopic (exact) mass is 215 g/mol. The summed E-state index contributed by atoms with van der Waals surface area (Å²) in [5.41, 5.74) is 0. The van der Waals surface area contributed by atoms with E-state index in [2.05, 4.69) is 51.5 Å². The Hall–Kier alpha value is -1.08. The number of esters is 1. The van der Waals surface area contributed by atoms with Gasteiger partial charge >= 0.3 is 12.0 Å². The second-order valence-electron chi connectivity index (χ2n) is 1.84. The first-order valence-corrected chi connectivity index (χ1v) is 3.99. The lowest BCUT2D eigenvalue weighted by Crippen LogP contribution is -2.07. The molecule has 0 aromatic carbocycles. The molecule has 0 aliphatic rings. The Kier molecular flexibility index (Phi) is 3.26. The van der Waals surface area contributed by atoms with Crippen LogP contribution in [-0.4, -0.2) is 20.9 Å². The number of ether oxygens (including phenoxy) is 1. The quantitative estimate of drug-likeness (QED) is 0.428. The van der Waals surface area contributed by atoms with Crippen molar-refractivity contribution in [2.45, 2.75) is 10.3 Å². The van der Waals surface area contributed by atoms with Crippen molar-refractivity contribution in [3.63, 3.8) is 0 Å². The van der Waals surface area contributed by atoms with E-state index in [0.29, 0.717) is 0 Å². The fraction of sp³-hybridized carbons (Fsp3) is 0. The summed E-state index contributed by atoms with van der Waals surface area (Å²) in [7, 11) is 0. The molecule has 0 bridgehead atoms. The van der Waals surface area contributed by atoms with E-state index in [0.717, 1.165) is 6.08 Å². The fourth-order valence-electron chi connectivity index (χ4n) is 0.513. The van der Waals surface area contributed by atoms with E-state index in [1.807, 2.05) is 0 Å². The van der Waals surface area contributed by atoms with Crippen LogP contribution < -0.4 is 4.74 Å². The number of hydrogen-bond acceptors (Lipinski definition) is 7. The number of carbonyl (C=O) groups excluding carboxylic acids is 1. The molecule has 0 unspecified atom stereocenters. The van der Waals surface area contributed by atoms with E-state index >= 15 is 0 Å².